The van der Waals surface area contributed by atoms with Crippen LogP contribution >= 0.6 is 11.8 Å². The van der Waals surface area contributed by atoms with Crippen molar-refractivity contribution in [1.29, 1.82) is 0 Å². The average Bonchev–Trinajstić information content (AvgIpc) is 3.16. The smallest absolute Gasteiger partial charge is 0.290 e. The van der Waals surface area contributed by atoms with E-state index in [2.05, 4.69) is 17.4 Å². The lowest BCUT2D eigenvalue weighted by molar-refractivity contribution is -0.115. The molecule has 1 fully saturated rings. The second kappa shape index (κ2) is 6.61. The van der Waals surface area contributed by atoms with Crippen molar-refractivity contribution >= 4 is 40.0 Å². The molecule has 3 aromatic rings. The standard InChI is InChI=1S/C20H15NO3S/c22-19-18(25-20(23)21-19)11-14-7-9-17-16(10-14)15(12-24-17)8-6-13-4-2-1-3-5-13/h1-5,7,9-12H,6,8H2,(H,21,22,23). The third-order valence-electron chi connectivity index (χ3n) is 4.14. The summed E-state index contributed by atoms with van der Waals surface area (Å²) in [7, 11) is 0. The van der Waals surface area contributed by atoms with Crippen molar-refractivity contribution in [3.8, 4) is 0 Å². The molecule has 1 aliphatic rings. The van der Waals surface area contributed by atoms with Gasteiger partial charge in [-0.2, -0.15) is 0 Å². The molecular formula is C20H15NO3S. The van der Waals surface area contributed by atoms with Crippen molar-refractivity contribution in [3.05, 3.63) is 76.4 Å². The van der Waals surface area contributed by atoms with Gasteiger partial charge in [-0.25, -0.2) is 0 Å². The molecule has 0 bridgehead atoms. The van der Waals surface area contributed by atoms with Crippen LogP contribution in [-0.2, 0) is 17.6 Å². The predicted molar refractivity (Wildman–Crippen MR) is 99.2 cm³/mol. The van der Waals surface area contributed by atoms with E-state index in [1.165, 1.54) is 5.56 Å². The summed E-state index contributed by atoms with van der Waals surface area (Å²) in [6, 6.07) is 16.1. The second-order valence-corrected chi connectivity index (χ2v) is 6.87. The maximum atomic E-state index is 11.7. The highest BCUT2D eigenvalue weighted by Crippen LogP contribution is 2.28. The van der Waals surface area contributed by atoms with E-state index in [1.807, 2.05) is 36.4 Å². The molecule has 124 valence electrons. The summed E-state index contributed by atoms with van der Waals surface area (Å²) >= 11 is 0.926. The van der Waals surface area contributed by atoms with Crippen LogP contribution in [0.5, 0.6) is 0 Å². The van der Waals surface area contributed by atoms with Gasteiger partial charge in [-0.05, 0) is 59.5 Å². The molecule has 1 aliphatic heterocycles. The fourth-order valence-electron chi connectivity index (χ4n) is 2.88. The summed E-state index contributed by atoms with van der Waals surface area (Å²) < 4.78 is 5.64. The normalized spacial score (nSPS) is 15.9. The number of hydrogen-bond acceptors (Lipinski definition) is 4. The largest absolute Gasteiger partial charge is 0.464 e. The molecule has 0 saturated carbocycles. The quantitative estimate of drug-likeness (QED) is 0.703. The van der Waals surface area contributed by atoms with Gasteiger partial charge in [-0.1, -0.05) is 36.4 Å². The van der Waals surface area contributed by atoms with Gasteiger partial charge in [0.25, 0.3) is 11.1 Å². The average molecular weight is 349 g/mol. The lowest BCUT2D eigenvalue weighted by atomic mass is 10.0. The van der Waals surface area contributed by atoms with E-state index in [9.17, 15) is 9.59 Å². The van der Waals surface area contributed by atoms with Gasteiger partial charge in [-0.15, -0.1) is 0 Å². The Morgan fingerprint density at radius 3 is 2.64 bits per heavy atom. The highest BCUT2D eigenvalue weighted by Gasteiger charge is 2.24. The third-order valence-corrected chi connectivity index (χ3v) is 4.95. The van der Waals surface area contributed by atoms with E-state index in [-0.39, 0.29) is 11.1 Å². The summed E-state index contributed by atoms with van der Waals surface area (Å²) in [6.45, 7) is 0. The number of rotatable bonds is 4. The number of benzene rings is 2. The number of nitrogens with one attached hydrogen (secondary N) is 1. The SMILES string of the molecule is O=C1NC(=O)C(=Cc2ccc3occ(CCc4ccccc4)c3c2)S1. The zero-order chi connectivity index (χ0) is 17.2. The Morgan fingerprint density at radius 2 is 1.88 bits per heavy atom. The zero-order valence-electron chi connectivity index (χ0n) is 13.3. The summed E-state index contributed by atoms with van der Waals surface area (Å²) in [5.41, 5.74) is 4.12. The van der Waals surface area contributed by atoms with Crippen LogP contribution in [0.4, 0.5) is 4.79 Å². The predicted octanol–water partition coefficient (Wildman–Crippen LogP) is 4.54. The Labute approximate surface area is 148 Å². The maximum Gasteiger partial charge on any atom is 0.290 e. The third kappa shape index (κ3) is 3.37. The molecule has 2 heterocycles. The van der Waals surface area contributed by atoms with Crippen molar-refractivity contribution in [2.45, 2.75) is 12.8 Å². The minimum Gasteiger partial charge on any atom is -0.464 e. The first kappa shape index (κ1) is 15.7. The molecule has 0 radical (unpaired) electrons. The number of fused-ring (bicyclic) bond motifs is 1. The molecular weight excluding hydrogens is 334 g/mol. The molecule has 4 rings (SSSR count). The molecule has 0 unspecified atom stereocenters. The first-order chi connectivity index (χ1) is 12.2. The van der Waals surface area contributed by atoms with Gasteiger partial charge < -0.3 is 4.42 Å². The van der Waals surface area contributed by atoms with Crippen molar-refractivity contribution in [2.24, 2.45) is 0 Å². The van der Waals surface area contributed by atoms with Crippen LogP contribution in [0.3, 0.4) is 0 Å². The van der Waals surface area contributed by atoms with Gasteiger partial charge in [-0.3, -0.25) is 14.9 Å². The molecule has 2 aromatic carbocycles. The Bertz CT molecular complexity index is 989. The molecule has 0 aliphatic carbocycles. The van der Waals surface area contributed by atoms with Crippen LogP contribution in [0.1, 0.15) is 16.7 Å². The summed E-state index contributed by atoms with van der Waals surface area (Å²) in [5.74, 6) is -0.341. The van der Waals surface area contributed by atoms with Gasteiger partial charge in [0.2, 0.25) is 0 Å². The maximum absolute atomic E-state index is 11.7. The van der Waals surface area contributed by atoms with Crippen LogP contribution in [0.15, 0.2) is 64.1 Å². The van der Waals surface area contributed by atoms with E-state index in [0.717, 1.165) is 46.7 Å². The van der Waals surface area contributed by atoms with Gasteiger partial charge in [0.1, 0.15) is 5.58 Å². The lowest BCUT2D eigenvalue weighted by Gasteiger charge is -2.01. The van der Waals surface area contributed by atoms with Crippen LogP contribution < -0.4 is 5.32 Å². The van der Waals surface area contributed by atoms with Crippen molar-refractivity contribution in [1.82, 2.24) is 5.32 Å². The lowest BCUT2D eigenvalue weighted by Crippen LogP contribution is -2.17. The molecule has 1 aromatic heterocycles. The summed E-state index contributed by atoms with van der Waals surface area (Å²) in [4.78, 5) is 23.4. The number of aryl methyl sites for hydroxylation is 2. The Kier molecular flexibility index (Phi) is 4.15. The molecule has 0 spiro atoms. The Balaban J connectivity index is 1.60. The van der Waals surface area contributed by atoms with E-state index in [4.69, 9.17) is 4.42 Å². The first-order valence-corrected chi connectivity index (χ1v) is 8.79. The molecule has 5 heteroatoms. The van der Waals surface area contributed by atoms with Gasteiger partial charge in [0.15, 0.2) is 0 Å². The van der Waals surface area contributed by atoms with E-state index in [1.54, 1.807) is 12.3 Å². The van der Waals surface area contributed by atoms with Crippen molar-refractivity contribution in [2.75, 3.05) is 0 Å². The minimum atomic E-state index is -0.341. The zero-order valence-corrected chi connectivity index (χ0v) is 14.1. The second-order valence-electron chi connectivity index (χ2n) is 5.85. The van der Waals surface area contributed by atoms with Crippen LogP contribution in [0.25, 0.3) is 17.0 Å². The highest BCUT2D eigenvalue weighted by molar-refractivity contribution is 8.18. The van der Waals surface area contributed by atoms with Crippen LogP contribution in [-0.4, -0.2) is 11.1 Å². The molecule has 1 saturated heterocycles. The fourth-order valence-corrected chi connectivity index (χ4v) is 3.56. The number of amides is 2. The van der Waals surface area contributed by atoms with E-state index < -0.39 is 0 Å². The van der Waals surface area contributed by atoms with Crippen LogP contribution in [0, 0.1) is 0 Å². The van der Waals surface area contributed by atoms with Crippen molar-refractivity contribution in [3.63, 3.8) is 0 Å². The summed E-state index contributed by atoms with van der Waals surface area (Å²) in [5, 5.41) is 2.98. The minimum absolute atomic E-state index is 0.329. The first-order valence-electron chi connectivity index (χ1n) is 7.98. The van der Waals surface area contributed by atoms with E-state index in [0.29, 0.717) is 4.91 Å². The van der Waals surface area contributed by atoms with Crippen LogP contribution in [0.2, 0.25) is 0 Å². The number of furan rings is 1. The van der Waals surface area contributed by atoms with Gasteiger partial charge in [0, 0.05) is 5.39 Å². The number of thioether (sulfide) groups is 1. The molecule has 2 amide bonds. The summed E-state index contributed by atoms with van der Waals surface area (Å²) in [6.07, 6.45) is 5.35. The molecule has 25 heavy (non-hydrogen) atoms. The number of imide groups is 1. The Hall–Kier alpha value is -2.79. The number of carbonyl (C=O) groups excluding carboxylic acids is 2. The molecule has 0 atom stereocenters. The van der Waals surface area contributed by atoms with Crippen molar-refractivity contribution < 1.29 is 14.0 Å². The molecule has 4 nitrogen and oxygen atoms in total. The number of hydrogen-bond donors (Lipinski definition) is 1. The van der Waals surface area contributed by atoms with Gasteiger partial charge >= 0.3 is 0 Å². The number of carbonyl (C=O) groups is 2. The molecule has 1 N–H and O–H groups in total. The van der Waals surface area contributed by atoms with Gasteiger partial charge in [0.05, 0.1) is 11.2 Å². The Morgan fingerprint density at radius 1 is 1.04 bits per heavy atom. The fraction of sp³-hybridized carbons (Fsp3) is 0.100. The van der Waals surface area contributed by atoms with E-state index >= 15 is 0 Å². The topological polar surface area (TPSA) is 59.3 Å². The monoisotopic (exact) mass is 349 g/mol. The highest BCUT2D eigenvalue weighted by atomic mass is 32.2.